The molecule has 0 bridgehead atoms. The fourth-order valence-electron chi connectivity index (χ4n) is 1.03. The van der Waals surface area contributed by atoms with Gasteiger partial charge in [-0.15, -0.1) is 0 Å². The number of allylic oxidation sites excluding steroid dienone is 1. The van der Waals surface area contributed by atoms with Gasteiger partial charge in [0.25, 0.3) is 0 Å². The summed E-state index contributed by atoms with van der Waals surface area (Å²) in [5.41, 5.74) is -0.494. The summed E-state index contributed by atoms with van der Waals surface area (Å²) in [6.07, 6.45) is -4.77. The molecule has 0 N–H and O–H groups in total. The molecule has 0 aromatic rings. The Morgan fingerprint density at radius 2 is 1.80 bits per heavy atom. The van der Waals surface area contributed by atoms with Crippen LogP contribution in [-0.4, -0.2) is 25.9 Å². The van der Waals surface area contributed by atoms with Crippen molar-refractivity contribution in [2.75, 3.05) is 13.7 Å². The van der Waals surface area contributed by atoms with Gasteiger partial charge in [-0.3, -0.25) is 0 Å². The predicted octanol–water partition coefficient (Wildman–Crippen LogP) is 2.42. The number of rotatable bonds is 4. The fraction of sp³-hybridized carbons (Fsp3) is 0.667. The Labute approximate surface area is 85.9 Å². The van der Waals surface area contributed by atoms with E-state index in [9.17, 15) is 18.0 Å². The molecular formula is C9H13F3O3. The number of carbonyl (C=O) groups excluding carboxylic acids is 1. The summed E-state index contributed by atoms with van der Waals surface area (Å²) in [5.74, 6) is -2.28. The highest BCUT2D eigenvalue weighted by molar-refractivity contribution is 5.89. The highest BCUT2D eigenvalue weighted by atomic mass is 19.4. The Balaban J connectivity index is 5.16. The van der Waals surface area contributed by atoms with Crippen molar-refractivity contribution in [3.05, 3.63) is 11.3 Å². The van der Waals surface area contributed by atoms with Gasteiger partial charge in [-0.1, -0.05) is 6.92 Å². The van der Waals surface area contributed by atoms with Crippen LogP contribution in [0.2, 0.25) is 0 Å². The maximum Gasteiger partial charge on any atom is 0.449 e. The number of hydrogen-bond acceptors (Lipinski definition) is 3. The van der Waals surface area contributed by atoms with E-state index in [1.54, 1.807) is 0 Å². The van der Waals surface area contributed by atoms with Crippen LogP contribution in [0.5, 0.6) is 0 Å². The van der Waals surface area contributed by atoms with E-state index in [0.29, 0.717) is 0 Å². The average Bonchev–Trinajstić information content (AvgIpc) is 2.11. The molecule has 0 spiro atoms. The van der Waals surface area contributed by atoms with Gasteiger partial charge in [-0.2, -0.15) is 13.2 Å². The third-order valence-corrected chi connectivity index (χ3v) is 1.61. The molecule has 0 saturated carbocycles. The first-order valence-electron chi connectivity index (χ1n) is 4.39. The lowest BCUT2D eigenvalue weighted by Gasteiger charge is -2.14. The Morgan fingerprint density at radius 3 is 2.07 bits per heavy atom. The van der Waals surface area contributed by atoms with Gasteiger partial charge in [0, 0.05) is 0 Å². The SMILES string of the molecule is CCOC(=O)C(CC)=C(OC)C(F)(F)F. The maximum atomic E-state index is 12.4. The zero-order valence-corrected chi connectivity index (χ0v) is 8.77. The molecule has 6 heteroatoms. The first kappa shape index (κ1) is 13.8. The molecule has 0 aliphatic carbocycles. The van der Waals surface area contributed by atoms with Gasteiger partial charge in [0.2, 0.25) is 5.76 Å². The van der Waals surface area contributed by atoms with Crippen LogP contribution in [0.4, 0.5) is 13.2 Å². The van der Waals surface area contributed by atoms with Crippen molar-refractivity contribution in [2.24, 2.45) is 0 Å². The number of carbonyl (C=O) groups is 1. The Hall–Kier alpha value is -1.20. The van der Waals surface area contributed by atoms with Gasteiger partial charge in [0.1, 0.15) is 0 Å². The minimum Gasteiger partial charge on any atom is -0.492 e. The molecule has 0 unspecified atom stereocenters. The van der Waals surface area contributed by atoms with Gasteiger partial charge < -0.3 is 9.47 Å². The molecule has 0 saturated heterocycles. The van der Waals surface area contributed by atoms with Gasteiger partial charge in [-0.05, 0) is 13.3 Å². The van der Waals surface area contributed by atoms with Gasteiger partial charge in [0.05, 0.1) is 19.3 Å². The molecule has 0 radical (unpaired) electrons. The van der Waals surface area contributed by atoms with E-state index in [2.05, 4.69) is 9.47 Å². The van der Waals surface area contributed by atoms with E-state index in [1.807, 2.05) is 0 Å². The van der Waals surface area contributed by atoms with E-state index in [1.165, 1.54) is 13.8 Å². The second-order valence-electron chi connectivity index (χ2n) is 2.58. The topological polar surface area (TPSA) is 35.5 Å². The Kier molecular flexibility index (Phi) is 5.18. The predicted molar refractivity (Wildman–Crippen MR) is 47.0 cm³/mol. The maximum absolute atomic E-state index is 12.4. The molecule has 0 amide bonds. The van der Waals surface area contributed by atoms with Crippen LogP contribution in [-0.2, 0) is 14.3 Å². The van der Waals surface area contributed by atoms with E-state index in [4.69, 9.17) is 0 Å². The summed E-state index contributed by atoms with van der Waals surface area (Å²) in [6.45, 7) is 2.97. The van der Waals surface area contributed by atoms with E-state index in [0.717, 1.165) is 7.11 Å². The minimum absolute atomic E-state index is 0.0250. The quantitative estimate of drug-likeness (QED) is 0.419. The van der Waals surface area contributed by atoms with Crippen molar-refractivity contribution in [1.29, 1.82) is 0 Å². The van der Waals surface area contributed by atoms with Crippen molar-refractivity contribution in [3.63, 3.8) is 0 Å². The summed E-state index contributed by atoms with van der Waals surface area (Å²) < 4.78 is 45.8. The van der Waals surface area contributed by atoms with Crippen molar-refractivity contribution in [2.45, 2.75) is 26.4 Å². The van der Waals surface area contributed by atoms with Crippen LogP contribution >= 0.6 is 0 Å². The molecule has 88 valence electrons. The van der Waals surface area contributed by atoms with Crippen molar-refractivity contribution < 1.29 is 27.4 Å². The second-order valence-corrected chi connectivity index (χ2v) is 2.58. The fourth-order valence-corrected chi connectivity index (χ4v) is 1.03. The second kappa shape index (κ2) is 5.63. The molecule has 0 aliphatic rings. The van der Waals surface area contributed by atoms with E-state index >= 15 is 0 Å². The van der Waals surface area contributed by atoms with E-state index < -0.39 is 23.5 Å². The molecule has 0 aromatic heterocycles. The molecule has 3 nitrogen and oxygen atoms in total. The highest BCUT2D eigenvalue weighted by Gasteiger charge is 2.39. The summed E-state index contributed by atoms with van der Waals surface area (Å²) in [7, 11) is 0.873. The number of alkyl halides is 3. The standard InChI is InChI=1S/C9H13F3O3/c1-4-6(8(13)15-5-2)7(14-3)9(10,11)12/h4-5H2,1-3H3. The Bertz CT molecular complexity index is 256. The van der Waals surface area contributed by atoms with E-state index in [-0.39, 0.29) is 13.0 Å². The molecule has 0 aromatic carbocycles. The zero-order valence-electron chi connectivity index (χ0n) is 8.77. The van der Waals surface area contributed by atoms with Crippen LogP contribution in [0, 0.1) is 0 Å². The lowest BCUT2D eigenvalue weighted by Crippen LogP contribution is -2.20. The first-order valence-corrected chi connectivity index (χ1v) is 4.39. The average molecular weight is 226 g/mol. The molecule has 0 atom stereocenters. The van der Waals surface area contributed by atoms with Crippen LogP contribution in [0.15, 0.2) is 11.3 Å². The number of methoxy groups -OCH3 is 1. The van der Waals surface area contributed by atoms with Crippen LogP contribution < -0.4 is 0 Å². The molecule has 0 aliphatic heterocycles. The van der Waals surface area contributed by atoms with Crippen LogP contribution in [0.3, 0.4) is 0 Å². The third kappa shape index (κ3) is 3.81. The smallest absolute Gasteiger partial charge is 0.449 e. The number of halogens is 3. The van der Waals surface area contributed by atoms with Crippen LogP contribution in [0.1, 0.15) is 20.3 Å². The summed E-state index contributed by atoms with van der Waals surface area (Å²) in [4.78, 5) is 11.2. The van der Waals surface area contributed by atoms with Gasteiger partial charge in [0.15, 0.2) is 0 Å². The van der Waals surface area contributed by atoms with Crippen molar-refractivity contribution >= 4 is 5.97 Å². The summed E-state index contributed by atoms with van der Waals surface area (Å²) >= 11 is 0. The molecule has 0 heterocycles. The molecule has 0 rings (SSSR count). The normalized spacial score (nSPS) is 13.2. The Morgan fingerprint density at radius 1 is 1.27 bits per heavy atom. The highest BCUT2D eigenvalue weighted by Crippen LogP contribution is 2.30. The van der Waals surface area contributed by atoms with Crippen LogP contribution in [0.25, 0.3) is 0 Å². The largest absolute Gasteiger partial charge is 0.492 e. The monoisotopic (exact) mass is 226 g/mol. The number of ether oxygens (including phenoxy) is 2. The summed E-state index contributed by atoms with van der Waals surface area (Å²) in [5, 5.41) is 0. The molecule has 15 heavy (non-hydrogen) atoms. The van der Waals surface area contributed by atoms with Crippen molar-refractivity contribution in [1.82, 2.24) is 0 Å². The number of esters is 1. The zero-order chi connectivity index (χ0) is 12.1. The minimum atomic E-state index is -4.67. The number of hydrogen-bond donors (Lipinski definition) is 0. The van der Waals surface area contributed by atoms with Gasteiger partial charge >= 0.3 is 12.1 Å². The lowest BCUT2D eigenvalue weighted by atomic mass is 10.1. The first-order chi connectivity index (χ1) is 6.88. The summed E-state index contributed by atoms with van der Waals surface area (Å²) in [6, 6.07) is 0. The van der Waals surface area contributed by atoms with Gasteiger partial charge in [-0.25, -0.2) is 4.79 Å². The lowest BCUT2D eigenvalue weighted by molar-refractivity contribution is -0.144. The molecule has 0 fully saturated rings. The molecular weight excluding hydrogens is 213 g/mol. The third-order valence-electron chi connectivity index (χ3n) is 1.61. The van der Waals surface area contributed by atoms with Crippen molar-refractivity contribution in [3.8, 4) is 0 Å².